The van der Waals surface area contributed by atoms with Gasteiger partial charge in [0.15, 0.2) is 0 Å². The Morgan fingerprint density at radius 2 is 2.00 bits per heavy atom. The molecule has 0 bridgehead atoms. The number of hydrogen-bond donors (Lipinski definition) is 1. The lowest BCUT2D eigenvalue weighted by Crippen LogP contribution is -2.48. The van der Waals surface area contributed by atoms with Crippen molar-refractivity contribution in [1.82, 2.24) is 4.72 Å². The summed E-state index contributed by atoms with van der Waals surface area (Å²) in [5.41, 5.74) is 0.319. The third-order valence-electron chi connectivity index (χ3n) is 2.09. The van der Waals surface area contributed by atoms with E-state index in [2.05, 4.69) is 34.5 Å². The second-order valence-electron chi connectivity index (χ2n) is 4.11. The molecule has 1 aliphatic carbocycles. The van der Waals surface area contributed by atoms with Crippen molar-refractivity contribution in [3.63, 3.8) is 0 Å². The first-order valence-corrected chi connectivity index (χ1v) is 6.68. The summed E-state index contributed by atoms with van der Waals surface area (Å²) in [7, 11) is -3.06. The van der Waals surface area contributed by atoms with Crippen molar-refractivity contribution in [2.45, 2.75) is 32.7 Å². The highest BCUT2D eigenvalue weighted by molar-refractivity contribution is 9.10. The zero-order chi connectivity index (χ0) is 9.41. The van der Waals surface area contributed by atoms with Crippen molar-refractivity contribution in [3.05, 3.63) is 0 Å². The van der Waals surface area contributed by atoms with Crippen LogP contribution in [0.1, 0.15) is 26.7 Å². The average molecular weight is 256 g/mol. The summed E-state index contributed by atoms with van der Waals surface area (Å²) < 4.78 is 24.7. The van der Waals surface area contributed by atoms with Gasteiger partial charge in [-0.1, -0.05) is 29.8 Å². The molecule has 1 saturated carbocycles. The molecule has 0 amide bonds. The van der Waals surface area contributed by atoms with E-state index in [1.54, 1.807) is 0 Å². The molecule has 0 spiro atoms. The van der Waals surface area contributed by atoms with Gasteiger partial charge in [-0.05, 0) is 18.3 Å². The van der Waals surface area contributed by atoms with Crippen molar-refractivity contribution < 1.29 is 8.42 Å². The smallest absolute Gasteiger partial charge is 0.212 e. The zero-order valence-corrected chi connectivity index (χ0v) is 9.70. The second kappa shape index (κ2) is 3.27. The van der Waals surface area contributed by atoms with Gasteiger partial charge >= 0.3 is 0 Å². The number of alkyl halides is 1. The predicted octanol–water partition coefficient (Wildman–Crippen LogP) is 1.45. The molecule has 0 aromatic rings. The summed E-state index contributed by atoms with van der Waals surface area (Å²) in [6.45, 7) is 4.29. The van der Waals surface area contributed by atoms with E-state index in [1.165, 1.54) is 0 Å². The quantitative estimate of drug-likeness (QED) is 0.777. The molecule has 0 atom stereocenters. The molecule has 1 N–H and O–H groups in total. The lowest BCUT2D eigenvalue weighted by molar-refractivity contribution is 0.143. The Bertz CT molecular complexity index is 253. The van der Waals surface area contributed by atoms with Crippen LogP contribution < -0.4 is 4.72 Å². The third kappa shape index (κ3) is 2.71. The molecule has 12 heavy (non-hydrogen) atoms. The SMILES string of the molecule is CC1(C)CC(NS(=O)(=O)CBr)C1. The van der Waals surface area contributed by atoms with Crippen molar-refractivity contribution in [2.75, 3.05) is 4.66 Å². The number of rotatable bonds is 3. The number of sulfonamides is 1. The van der Waals surface area contributed by atoms with Crippen LogP contribution in [0.2, 0.25) is 0 Å². The molecule has 3 nitrogen and oxygen atoms in total. The van der Waals surface area contributed by atoms with Gasteiger partial charge in [0.1, 0.15) is 4.66 Å². The lowest BCUT2D eigenvalue weighted by atomic mass is 9.69. The molecule has 0 saturated heterocycles. The molecule has 0 unspecified atom stereocenters. The van der Waals surface area contributed by atoms with Gasteiger partial charge in [0.2, 0.25) is 10.0 Å². The topological polar surface area (TPSA) is 46.2 Å². The maximum absolute atomic E-state index is 11.1. The van der Waals surface area contributed by atoms with Crippen LogP contribution in [0.5, 0.6) is 0 Å². The van der Waals surface area contributed by atoms with Gasteiger partial charge in [-0.15, -0.1) is 0 Å². The fourth-order valence-electron chi connectivity index (χ4n) is 1.64. The first kappa shape index (κ1) is 10.5. The molecule has 1 rings (SSSR count). The van der Waals surface area contributed by atoms with Crippen LogP contribution in [-0.4, -0.2) is 19.1 Å². The molecule has 0 aliphatic heterocycles. The zero-order valence-electron chi connectivity index (χ0n) is 7.30. The minimum atomic E-state index is -3.06. The Hall–Kier alpha value is 0.390. The van der Waals surface area contributed by atoms with E-state index in [1.807, 2.05) is 0 Å². The van der Waals surface area contributed by atoms with Crippen molar-refractivity contribution in [3.8, 4) is 0 Å². The van der Waals surface area contributed by atoms with Crippen LogP contribution in [0.15, 0.2) is 0 Å². The van der Waals surface area contributed by atoms with E-state index >= 15 is 0 Å². The molecule has 1 aliphatic rings. The van der Waals surface area contributed by atoms with Crippen LogP contribution in [0.25, 0.3) is 0 Å². The third-order valence-corrected chi connectivity index (χ3v) is 4.88. The van der Waals surface area contributed by atoms with E-state index in [0.29, 0.717) is 5.41 Å². The fraction of sp³-hybridized carbons (Fsp3) is 1.00. The molecule has 72 valence electrons. The maximum Gasteiger partial charge on any atom is 0.221 e. The van der Waals surface area contributed by atoms with E-state index in [9.17, 15) is 8.42 Å². The van der Waals surface area contributed by atoms with Crippen LogP contribution in [-0.2, 0) is 10.0 Å². The van der Waals surface area contributed by atoms with Crippen molar-refractivity contribution in [2.24, 2.45) is 5.41 Å². The monoisotopic (exact) mass is 255 g/mol. The number of nitrogens with one attached hydrogen (secondary N) is 1. The Kier molecular flexibility index (Phi) is 2.85. The summed E-state index contributed by atoms with van der Waals surface area (Å²) >= 11 is 2.93. The Labute approximate surface area is 82.1 Å². The summed E-state index contributed by atoms with van der Waals surface area (Å²) in [5.74, 6) is 0. The largest absolute Gasteiger partial charge is 0.221 e. The summed E-state index contributed by atoms with van der Waals surface area (Å²) in [4.78, 5) is 0. The van der Waals surface area contributed by atoms with E-state index in [4.69, 9.17) is 0 Å². The Morgan fingerprint density at radius 1 is 1.50 bits per heavy atom. The van der Waals surface area contributed by atoms with Gasteiger partial charge in [0.25, 0.3) is 0 Å². The minimum Gasteiger partial charge on any atom is -0.212 e. The standard InChI is InChI=1S/C7H14BrNO2S/c1-7(2)3-6(4-7)9-12(10,11)5-8/h6,9H,3-5H2,1-2H3. The first-order valence-electron chi connectivity index (χ1n) is 3.91. The Balaban J connectivity index is 2.38. The lowest BCUT2D eigenvalue weighted by Gasteiger charge is -2.42. The van der Waals surface area contributed by atoms with Crippen molar-refractivity contribution in [1.29, 1.82) is 0 Å². The summed E-state index contributed by atoms with van der Waals surface area (Å²) in [6.07, 6.45) is 1.89. The molecular weight excluding hydrogens is 242 g/mol. The van der Waals surface area contributed by atoms with E-state index < -0.39 is 10.0 Å². The summed E-state index contributed by atoms with van der Waals surface area (Å²) in [5, 5.41) is 0. The highest BCUT2D eigenvalue weighted by atomic mass is 79.9. The van der Waals surface area contributed by atoms with Crippen LogP contribution in [0, 0.1) is 5.41 Å². The fourth-order valence-corrected chi connectivity index (χ4v) is 2.78. The van der Waals surface area contributed by atoms with Gasteiger partial charge in [-0.3, -0.25) is 0 Å². The number of hydrogen-bond acceptors (Lipinski definition) is 2. The van der Waals surface area contributed by atoms with Crippen LogP contribution in [0.3, 0.4) is 0 Å². The highest BCUT2D eigenvalue weighted by Gasteiger charge is 2.37. The van der Waals surface area contributed by atoms with E-state index in [-0.39, 0.29) is 10.7 Å². The predicted molar refractivity (Wildman–Crippen MR) is 52.7 cm³/mol. The summed E-state index contributed by atoms with van der Waals surface area (Å²) in [6, 6.07) is 0.155. The molecule has 0 aromatic heterocycles. The van der Waals surface area contributed by atoms with Crippen molar-refractivity contribution >= 4 is 26.0 Å². The first-order chi connectivity index (χ1) is 5.35. The molecule has 0 aromatic carbocycles. The minimum absolute atomic E-state index is 0.00305. The second-order valence-corrected chi connectivity index (χ2v) is 7.17. The normalized spacial score (nSPS) is 23.6. The molecule has 1 fully saturated rings. The van der Waals surface area contributed by atoms with Crippen LogP contribution >= 0.6 is 15.9 Å². The van der Waals surface area contributed by atoms with Gasteiger partial charge in [-0.2, -0.15) is 0 Å². The van der Waals surface area contributed by atoms with Gasteiger partial charge in [0.05, 0.1) is 0 Å². The van der Waals surface area contributed by atoms with Gasteiger partial charge < -0.3 is 0 Å². The van der Waals surface area contributed by atoms with Gasteiger partial charge in [0, 0.05) is 6.04 Å². The highest BCUT2D eigenvalue weighted by Crippen LogP contribution is 2.40. The maximum atomic E-state index is 11.1. The average Bonchev–Trinajstić information content (AvgIpc) is 1.83. The molecule has 5 heteroatoms. The molecule has 0 heterocycles. The Morgan fingerprint density at radius 3 is 2.33 bits per heavy atom. The molecular formula is C7H14BrNO2S. The van der Waals surface area contributed by atoms with Crippen LogP contribution in [0.4, 0.5) is 0 Å². The van der Waals surface area contributed by atoms with E-state index in [0.717, 1.165) is 12.8 Å². The molecule has 0 radical (unpaired) electrons. The van der Waals surface area contributed by atoms with Gasteiger partial charge in [-0.25, -0.2) is 13.1 Å². The number of halogens is 1.